The van der Waals surface area contributed by atoms with Gasteiger partial charge < -0.3 is 8.94 Å². The number of rotatable bonds is 4. The van der Waals surface area contributed by atoms with E-state index in [-0.39, 0.29) is 6.04 Å². The van der Waals surface area contributed by atoms with Gasteiger partial charge in [0.05, 0.1) is 24.2 Å². The first-order valence-corrected chi connectivity index (χ1v) is 8.87. The number of benzene rings is 1. The van der Waals surface area contributed by atoms with Crippen molar-refractivity contribution in [1.82, 2.24) is 15.0 Å². The van der Waals surface area contributed by atoms with E-state index < -0.39 is 0 Å². The van der Waals surface area contributed by atoms with E-state index in [4.69, 9.17) is 8.94 Å². The lowest BCUT2D eigenvalue weighted by molar-refractivity contribution is 0.104. The minimum atomic E-state index is 0.130. The summed E-state index contributed by atoms with van der Waals surface area (Å²) in [6.07, 6.45) is 3.31. The third-order valence-corrected chi connectivity index (χ3v) is 4.78. The highest BCUT2D eigenvalue weighted by Crippen LogP contribution is 2.32. The number of likely N-dealkylation sites (tertiary alicyclic amines) is 1. The molecule has 0 amide bonds. The Morgan fingerprint density at radius 1 is 1.23 bits per heavy atom. The SMILES string of the molecule is Cc1noc(C2CCCCN2Cc2ccc(-c3ccccc3C#N)o2)n1. The van der Waals surface area contributed by atoms with Gasteiger partial charge in [0.1, 0.15) is 11.5 Å². The zero-order valence-electron chi connectivity index (χ0n) is 14.7. The third-order valence-electron chi connectivity index (χ3n) is 4.78. The summed E-state index contributed by atoms with van der Waals surface area (Å²) in [6, 6.07) is 13.7. The first kappa shape index (κ1) is 16.6. The quantitative estimate of drug-likeness (QED) is 0.702. The number of nitriles is 1. The van der Waals surface area contributed by atoms with Gasteiger partial charge in [-0.05, 0) is 50.6 Å². The average Bonchev–Trinajstić information content (AvgIpc) is 3.31. The van der Waals surface area contributed by atoms with Crippen LogP contribution in [0.15, 0.2) is 45.3 Å². The topological polar surface area (TPSA) is 79.1 Å². The molecule has 0 aliphatic carbocycles. The van der Waals surface area contributed by atoms with Crippen molar-refractivity contribution in [3.63, 3.8) is 0 Å². The van der Waals surface area contributed by atoms with E-state index in [2.05, 4.69) is 21.1 Å². The van der Waals surface area contributed by atoms with Gasteiger partial charge in [0, 0.05) is 5.56 Å². The predicted molar refractivity (Wildman–Crippen MR) is 94.9 cm³/mol. The second-order valence-electron chi connectivity index (χ2n) is 6.59. The van der Waals surface area contributed by atoms with Gasteiger partial charge in [0.25, 0.3) is 0 Å². The normalized spacial score (nSPS) is 17.9. The average molecular weight is 348 g/mol. The van der Waals surface area contributed by atoms with E-state index in [1.54, 1.807) is 6.07 Å². The van der Waals surface area contributed by atoms with Crippen LogP contribution in [0.3, 0.4) is 0 Å². The van der Waals surface area contributed by atoms with Gasteiger partial charge in [0.2, 0.25) is 5.89 Å². The lowest BCUT2D eigenvalue weighted by Crippen LogP contribution is -2.33. The zero-order chi connectivity index (χ0) is 17.9. The molecule has 0 spiro atoms. The third kappa shape index (κ3) is 3.26. The highest BCUT2D eigenvalue weighted by molar-refractivity contribution is 5.66. The fourth-order valence-corrected chi connectivity index (χ4v) is 3.51. The second kappa shape index (κ2) is 7.14. The van der Waals surface area contributed by atoms with Crippen LogP contribution in [0.25, 0.3) is 11.3 Å². The summed E-state index contributed by atoms with van der Waals surface area (Å²) in [5.41, 5.74) is 1.44. The molecule has 1 unspecified atom stereocenters. The molecule has 1 aliphatic heterocycles. The summed E-state index contributed by atoms with van der Waals surface area (Å²) in [7, 11) is 0. The van der Waals surface area contributed by atoms with E-state index in [1.807, 2.05) is 37.3 Å². The van der Waals surface area contributed by atoms with Gasteiger partial charge in [-0.25, -0.2) is 0 Å². The summed E-state index contributed by atoms with van der Waals surface area (Å²) < 4.78 is 11.5. The van der Waals surface area contributed by atoms with E-state index in [9.17, 15) is 5.26 Å². The maximum absolute atomic E-state index is 9.29. The molecule has 0 saturated carbocycles. The number of aromatic nitrogens is 2. The summed E-state index contributed by atoms with van der Waals surface area (Å²) in [5.74, 6) is 2.94. The Bertz CT molecular complexity index is 937. The molecular formula is C20H20N4O2. The van der Waals surface area contributed by atoms with Gasteiger partial charge in [-0.2, -0.15) is 10.2 Å². The standard InChI is InChI=1S/C20H20N4O2/c1-14-22-20(26-23-14)18-8-4-5-11-24(18)13-16-9-10-19(25-16)17-7-3-2-6-15(17)12-21/h2-3,6-7,9-10,18H,4-5,8,11,13H2,1H3. The van der Waals surface area contributed by atoms with Crippen molar-refractivity contribution in [3.05, 3.63) is 59.4 Å². The lowest BCUT2D eigenvalue weighted by Gasteiger charge is -2.32. The molecular weight excluding hydrogens is 328 g/mol. The van der Waals surface area contributed by atoms with Gasteiger partial charge in [-0.3, -0.25) is 4.90 Å². The molecule has 6 heteroatoms. The van der Waals surface area contributed by atoms with Crippen molar-refractivity contribution in [1.29, 1.82) is 5.26 Å². The highest BCUT2D eigenvalue weighted by atomic mass is 16.5. The predicted octanol–water partition coefficient (Wildman–Crippen LogP) is 4.24. The molecule has 1 aromatic carbocycles. The monoisotopic (exact) mass is 348 g/mol. The molecule has 132 valence electrons. The minimum Gasteiger partial charge on any atom is -0.460 e. The number of nitrogens with zero attached hydrogens (tertiary/aromatic N) is 4. The molecule has 2 aromatic heterocycles. The highest BCUT2D eigenvalue weighted by Gasteiger charge is 2.29. The van der Waals surface area contributed by atoms with Crippen LogP contribution in [-0.4, -0.2) is 21.6 Å². The van der Waals surface area contributed by atoms with E-state index in [1.165, 1.54) is 0 Å². The number of hydrogen-bond donors (Lipinski definition) is 0. The van der Waals surface area contributed by atoms with Crippen molar-refractivity contribution in [2.75, 3.05) is 6.54 Å². The van der Waals surface area contributed by atoms with E-state index in [0.717, 1.165) is 42.9 Å². The van der Waals surface area contributed by atoms with Gasteiger partial charge in [-0.1, -0.05) is 23.7 Å². The van der Waals surface area contributed by atoms with E-state index in [0.29, 0.717) is 23.8 Å². The molecule has 3 aromatic rings. The molecule has 3 heterocycles. The van der Waals surface area contributed by atoms with Gasteiger partial charge in [-0.15, -0.1) is 0 Å². The molecule has 0 bridgehead atoms. The van der Waals surface area contributed by atoms with Crippen molar-refractivity contribution >= 4 is 0 Å². The van der Waals surface area contributed by atoms with Crippen LogP contribution in [0.1, 0.15) is 48.3 Å². The fourth-order valence-electron chi connectivity index (χ4n) is 3.51. The van der Waals surface area contributed by atoms with Crippen molar-refractivity contribution in [2.45, 2.75) is 38.8 Å². The summed E-state index contributed by atoms with van der Waals surface area (Å²) in [6.45, 7) is 3.49. The van der Waals surface area contributed by atoms with Crippen LogP contribution in [0.2, 0.25) is 0 Å². The van der Waals surface area contributed by atoms with Crippen molar-refractivity contribution in [2.24, 2.45) is 0 Å². The Kier molecular flexibility index (Phi) is 4.55. The maximum Gasteiger partial charge on any atom is 0.243 e. The Hall–Kier alpha value is -2.91. The summed E-state index contributed by atoms with van der Waals surface area (Å²) >= 11 is 0. The molecule has 1 saturated heterocycles. The Morgan fingerprint density at radius 3 is 2.92 bits per heavy atom. The molecule has 4 rings (SSSR count). The summed E-state index contributed by atoms with van der Waals surface area (Å²) in [5, 5.41) is 13.2. The first-order chi connectivity index (χ1) is 12.7. The number of hydrogen-bond acceptors (Lipinski definition) is 6. The maximum atomic E-state index is 9.29. The Labute approximate surface area is 152 Å². The molecule has 1 atom stereocenters. The van der Waals surface area contributed by atoms with Crippen LogP contribution in [0.5, 0.6) is 0 Å². The van der Waals surface area contributed by atoms with Crippen molar-refractivity contribution < 1.29 is 8.94 Å². The summed E-state index contributed by atoms with van der Waals surface area (Å²) in [4.78, 5) is 6.74. The second-order valence-corrected chi connectivity index (χ2v) is 6.59. The molecule has 6 nitrogen and oxygen atoms in total. The fraction of sp³-hybridized carbons (Fsp3) is 0.350. The van der Waals surface area contributed by atoms with Gasteiger partial charge in [0.15, 0.2) is 5.82 Å². The Morgan fingerprint density at radius 2 is 2.12 bits per heavy atom. The van der Waals surface area contributed by atoms with Crippen LogP contribution < -0.4 is 0 Å². The molecule has 0 N–H and O–H groups in total. The van der Waals surface area contributed by atoms with Crippen LogP contribution >= 0.6 is 0 Å². The van der Waals surface area contributed by atoms with Crippen LogP contribution in [0.4, 0.5) is 0 Å². The number of furan rings is 1. The molecule has 1 fully saturated rings. The largest absolute Gasteiger partial charge is 0.460 e. The molecule has 26 heavy (non-hydrogen) atoms. The zero-order valence-corrected chi connectivity index (χ0v) is 14.7. The molecule has 1 aliphatic rings. The lowest BCUT2D eigenvalue weighted by atomic mass is 10.0. The Balaban J connectivity index is 1.55. The number of aryl methyl sites for hydroxylation is 1. The van der Waals surface area contributed by atoms with Crippen molar-refractivity contribution in [3.8, 4) is 17.4 Å². The van der Waals surface area contributed by atoms with Crippen LogP contribution in [0, 0.1) is 18.3 Å². The first-order valence-electron chi connectivity index (χ1n) is 8.87. The minimum absolute atomic E-state index is 0.130. The number of piperidine rings is 1. The smallest absolute Gasteiger partial charge is 0.243 e. The van der Waals surface area contributed by atoms with Gasteiger partial charge >= 0.3 is 0 Å². The molecule has 0 radical (unpaired) electrons. The van der Waals surface area contributed by atoms with E-state index >= 15 is 0 Å². The van der Waals surface area contributed by atoms with Crippen LogP contribution in [-0.2, 0) is 6.54 Å².